The van der Waals surface area contributed by atoms with Gasteiger partial charge in [0.15, 0.2) is 6.67 Å². The minimum Gasteiger partial charge on any atom is -0.319 e. The van der Waals surface area contributed by atoms with E-state index in [0.29, 0.717) is 6.67 Å². The summed E-state index contributed by atoms with van der Waals surface area (Å²) in [6, 6.07) is 13.6. The van der Waals surface area contributed by atoms with E-state index >= 15 is 0 Å². The van der Waals surface area contributed by atoms with Gasteiger partial charge in [-0.15, -0.1) is 0 Å². The van der Waals surface area contributed by atoms with Gasteiger partial charge in [0, 0.05) is 12.8 Å². The van der Waals surface area contributed by atoms with Crippen LogP contribution in [0.3, 0.4) is 0 Å². The molecule has 3 amide bonds. The SMILES string of the molecule is C[C@@]1(c2cccc3ccccc23)NC(=O)N(C[NH+]2CCCC2)C1=O. The largest absolute Gasteiger partial charge is 0.329 e. The highest BCUT2D eigenvalue weighted by molar-refractivity contribution is 6.09. The van der Waals surface area contributed by atoms with E-state index in [1.807, 2.05) is 49.4 Å². The molecule has 124 valence electrons. The highest BCUT2D eigenvalue weighted by Gasteiger charge is 2.50. The number of hydrogen-bond acceptors (Lipinski definition) is 2. The Labute approximate surface area is 141 Å². The molecule has 2 aliphatic heterocycles. The Kier molecular flexibility index (Phi) is 3.53. The number of amides is 3. The average Bonchev–Trinajstić information content (AvgIpc) is 3.18. The van der Waals surface area contributed by atoms with E-state index in [1.165, 1.54) is 22.6 Å². The number of nitrogens with one attached hydrogen (secondary N) is 2. The lowest BCUT2D eigenvalue weighted by Gasteiger charge is -2.24. The molecule has 0 bridgehead atoms. The minimum absolute atomic E-state index is 0.150. The molecule has 1 atom stereocenters. The topological polar surface area (TPSA) is 53.9 Å². The van der Waals surface area contributed by atoms with E-state index < -0.39 is 5.54 Å². The van der Waals surface area contributed by atoms with Crippen LogP contribution in [0.25, 0.3) is 10.8 Å². The molecule has 0 aliphatic carbocycles. The number of quaternary nitrogens is 1. The summed E-state index contributed by atoms with van der Waals surface area (Å²) < 4.78 is 0. The number of carbonyl (C=O) groups is 2. The van der Waals surface area contributed by atoms with Gasteiger partial charge in [-0.3, -0.25) is 4.79 Å². The van der Waals surface area contributed by atoms with Gasteiger partial charge in [0.2, 0.25) is 0 Å². The fourth-order valence-corrected chi connectivity index (χ4v) is 3.94. The summed E-state index contributed by atoms with van der Waals surface area (Å²) in [4.78, 5) is 28.3. The van der Waals surface area contributed by atoms with Crippen molar-refractivity contribution in [1.82, 2.24) is 10.2 Å². The molecular weight excluding hydrogens is 302 g/mol. The van der Waals surface area contributed by atoms with Gasteiger partial charge in [0.25, 0.3) is 5.91 Å². The van der Waals surface area contributed by atoms with Gasteiger partial charge < -0.3 is 10.2 Å². The van der Waals surface area contributed by atoms with Crippen LogP contribution in [0.15, 0.2) is 42.5 Å². The second kappa shape index (κ2) is 5.60. The normalized spacial score (nSPS) is 24.8. The van der Waals surface area contributed by atoms with Crippen LogP contribution in [-0.2, 0) is 10.3 Å². The summed E-state index contributed by atoms with van der Waals surface area (Å²) in [5.41, 5.74) is -0.144. The van der Waals surface area contributed by atoms with Crippen molar-refractivity contribution in [1.29, 1.82) is 0 Å². The fraction of sp³-hybridized carbons (Fsp3) is 0.368. The second-order valence-corrected chi connectivity index (χ2v) is 6.93. The van der Waals surface area contributed by atoms with Gasteiger partial charge in [0.05, 0.1) is 13.1 Å². The van der Waals surface area contributed by atoms with Gasteiger partial charge in [-0.2, -0.15) is 0 Å². The molecule has 0 saturated carbocycles. The van der Waals surface area contributed by atoms with E-state index in [2.05, 4.69) is 5.32 Å². The maximum Gasteiger partial charge on any atom is 0.329 e. The van der Waals surface area contributed by atoms with E-state index in [0.717, 1.165) is 29.4 Å². The van der Waals surface area contributed by atoms with Crippen LogP contribution in [0, 0.1) is 0 Å². The number of hydrogen-bond donors (Lipinski definition) is 2. The van der Waals surface area contributed by atoms with Crippen molar-refractivity contribution >= 4 is 22.7 Å². The van der Waals surface area contributed by atoms with Crippen molar-refractivity contribution in [3.05, 3.63) is 48.0 Å². The summed E-state index contributed by atoms with van der Waals surface area (Å²) in [5, 5.41) is 5.01. The number of rotatable bonds is 3. The number of fused-ring (bicyclic) bond motifs is 1. The molecule has 2 heterocycles. The third-order valence-electron chi connectivity index (χ3n) is 5.30. The molecule has 5 heteroatoms. The molecule has 0 unspecified atom stereocenters. The first-order valence-corrected chi connectivity index (χ1v) is 8.55. The molecule has 24 heavy (non-hydrogen) atoms. The zero-order valence-electron chi connectivity index (χ0n) is 13.8. The number of benzene rings is 2. The third kappa shape index (κ3) is 2.27. The van der Waals surface area contributed by atoms with Crippen LogP contribution < -0.4 is 10.2 Å². The first-order chi connectivity index (χ1) is 11.6. The average molecular weight is 324 g/mol. The van der Waals surface area contributed by atoms with Crippen LogP contribution in [-0.4, -0.2) is 36.6 Å². The lowest BCUT2D eigenvalue weighted by molar-refractivity contribution is -0.894. The van der Waals surface area contributed by atoms with E-state index in [9.17, 15) is 9.59 Å². The van der Waals surface area contributed by atoms with E-state index in [-0.39, 0.29) is 11.9 Å². The summed E-state index contributed by atoms with van der Waals surface area (Å²) in [6.07, 6.45) is 2.33. The van der Waals surface area contributed by atoms with Crippen LogP contribution >= 0.6 is 0 Å². The Morgan fingerprint density at radius 1 is 1.08 bits per heavy atom. The number of imide groups is 1. The molecular formula is C19H22N3O2+. The molecule has 2 aliphatic rings. The first kappa shape index (κ1) is 15.1. The van der Waals surface area contributed by atoms with Gasteiger partial charge in [-0.1, -0.05) is 42.5 Å². The maximum absolute atomic E-state index is 13.1. The van der Waals surface area contributed by atoms with Crippen LogP contribution in [0.2, 0.25) is 0 Å². The molecule has 0 aromatic heterocycles. The van der Waals surface area contributed by atoms with E-state index in [4.69, 9.17) is 0 Å². The van der Waals surface area contributed by atoms with Crippen LogP contribution in [0.5, 0.6) is 0 Å². The van der Waals surface area contributed by atoms with Crippen LogP contribution in [0.1, 0.15) is 25.3 Å². The smallest absolute Gasteiger partial charge is 0.319 e. The molecule has 0 spiro atoms. The van der Waals surface area contributed by atoms with Crippen molar-refractivity contribution < 1.29 is 14.5 Å². The van der Waals surface area contributed by atoms with Crippen molar-refractivity contribution in [2.24, 2.45) is 0 Å². The maximum atomic E-state index is 13.1. The van der Waals surface area contributed by atoms with E-state index in [1.54, 1.807) is 0 Å². The molecule has 5 nitrogen and oxygen atoms in total. The molecule has 2 saturated heterocycles. The Morgan fingerprint density at radius 3 is 2.58 bits per heavy atom. The highest BCUT2D eigenvalue weighted by Crippen LogP contribution is 2.33. The zero-order valence-corrected chi connectivity index (χ0v) is 13.8. The van der Waals surface area contributed by atoms with Crippen molar-refractivity contribution in [3.63, 3.8) is 0 Å². The monoisotopic (exact) mass is 324 g/mol. The van der Waals surface area contributed by atoms with Crippen LogP contribution in [0.4, 0.5) is 4.79 Å². The van der Waals surface area contributed by atoms with Gasteiger partial charge in [0.1, 0.15) is 5.54 Å². The first-order valence-electron chi connectivity index (χ1n) is 8.55. The molecule has 2 N–H and O–H groups in total. The summed E-state index contributed by atoms with van der Waals surface area (Å²) in [7, 11) is 0. The zero-order chi connectivity index (χ0) is 16.7. The Morgan fingerprint density at radius 2 is 1.79 bits per heavy atom. The van der Waals surface area contributed by atoms with Crippen molar-refractivity contribution in [2.45, 2.75) is 25.3 Å². The standard InChI is InChI=1S/C19H21N3O2/c1-19(16-10-6-8-14-7-2-3-9-15(14)16)17(23)22(18(24)20-19)13-21-11-4-5-12-21/h2-3,6-10H,4-5,11-13H2,1H3,(H,20,24)/p+1/t19-/m0/s1. The highest BCUT2D eigenvalue weighted by atomic mass is 16.2. The summed E-state index contributed by atoms with van der Waals surface area (Å²) in [6.45, 7) is 4.34. The lowest BCUT2D eigenvalue weighted by Crippen LogP contribution is -3.11. The van der Waals surface area contributed by atoms with Gasteiger partial charge in [-0.25, -0.2) is 9.69 Å². The summed E-state index contributed by atoms with van der Waals surface area (Å²) in [5.74, 6) is -0.150. The molecule has 2 aromatic rings. The summed E-state index contributed by atoms with van der Waals surface area (Å²) >= 11 is 0. The van der Waals surface area contributed by atoms with Crippen molar-refractivity contribution in [3.8, 4) is 0 Å². The Hall–Kier alpha value is -2.40. The van der Waals surface area contributed by atoms with Gasteiger partial charge in [-0.05, 0) is 23.3 Å². The number of nitrogens with zero attached hydrogens (tertiary/aromatic N) is 1. The fourth-order valence-electron chi connectivity index (χ4n) is 3.94. The predicted octanol–water partition coefficient (Wildman–Crippen LogP) is 1.24. The molecule has 0 radical (unpaired) electrons. The Bertz CT molecular complexity index is 808. The molecule has 2 fully saturated rings. The lowest BCUT2D eigenvalue weighted by atomic mass is 9.88. The van der Waals surface area contributed by atoms with Gasteiger partial charge >= 0.3 is 6.03 Å². The Balaban J connectivity index is 1.71. The molecule has 2 aromatic carbocycles. The quantitative estimate of drug-likeness (QED) is 0.835. The molecule has 4 rings (SSSR count). The number of urea groups is 1. The van der Waals surface area contributed by atoms with Crippen molar-refractivity contribution in [2.75, 3.05) is 19.8 Å². The predicted molar refractivity (Wildman–Crippen MR) is 91.5 cm³/mol. The number of likely N-dealkylation sites (tertiary alicyclic amines) is 1. The third-order valence-corrected chi connectivity index (χ3v) is 5.30. The minimum atomic E-state index is -1.00. The second-order valence-electron chi connectivity index (χ2n) is 6.93. The number of carbonyl (C=O) groups excluding carboxylic acids is 2.